The van der Waals surface area contributed by atoms with E-state index in [9.17, 15) is 5.11 Å². The molecular formula is C15H22O2S. The number of thioether (sulfide) groups is 1. The molecule has 2 rings (SSSR count). The molecule has 0 aliphatic carbocycles. The highest BCUT2D eigenvalue weighted by atomic mass is 32.2. The first-order valence-corrected chi connectivity index (χ1v) is 7.63. The summed E-state index contributed by atoms with van der Waals surface area (Å²) < 4.78 is 5.50. The van der Waals surface area contributed by atoms with Gasteiger partial charge in [0.1, 0.15) is 5.75 Å². The highest BCUT2D eigenvalue weighted by Crippen LogP contribution is 2.39. The van der Waals surface area contributed by atoms with Crippen molar-refractivity contribution in [3.8, 4) is 5.75 Å². The fourth-order valence-electron chi connectivity index (χ4n) is 2.53. The van der Waals surface area contributed by atoms with Gasteiger partial charge in [-0.1, -0.05) is 18.6 Å². The minimum atomic E-state index is -0.412. The molecule has 0 radical (unpaired) electrons. The number of hydrogen-bond donors (Lipinski definition) is 1. The van der Waals surface area contributed by atoms with Gasteiger partial charge in [0.25, 0.3) is 0 Å². The summed E-state index contributed by atoms with van der Waals surface area (Å²) in [5, 5.41) is 10.9. The monoisotopic (exact) mass is 266 g/mol. The third-order valence-electron chi connectivity index (χ3n) is 3.80. The summed E-state index contributed by atoms with van der Waals surface area (Å²) in [5.41, 5.74) is 3.29. The number of aliphatic hydroxyl groups excluding tert-OH is 1. The molecule has 1 fully saturated rings. The summed E-state index contributed by atoms with van der Waals surface area (Å²) in [6.07, 6.45) is 3.19. The zero-order valence-electron chi connectivity index (χ0n) is 11.4. The van der Waals surface area contributed by atoms with Gasteiger partial charge in [-0.2, -0.15) is 11.8 Å². The number of benzene rings is 1. The molecule has 1 heterocycles. The molecule has 2 unspecified atom stereocenters. The molecule has 2 atom stereocenters. The summed E-state index contributed by atoms with van der Waals surface area (Å²) in [6, 6.07) is 4.09. The lowest BCUT2D eigenvalue weighted by molar-refractivity contribution is 0.164. The number of hydrogen-bond acceptors (Lipinski definition) is 3. The third-order valence-corrected chi connectivity index (χ3v) is 5.24. The van der Waals surface area contributed by atoms with Crippen molar-refractivity contribution in [2.45, 2.75) is 44.5 Å². The van der Waals surface area contributed by atoms with Gasteiger partial charge < -0.3 is 9.84 Å². The number of methoxy groups -OCH3 is 1. The lowest BCUT2D eigenvalue weighted by Gasteiger charge is -2.28. The van der Waals surface area contributed by atoms with Crippen LogP contribution in [0, 0.1) is 13.8 Å². The van der Waals surface area contributed by atoms with E-state index in [0.717, 1.165) is 29.1 Å². The molecule has 0 amide bonds. The second kappa shape index (κ2) is 5.98. The van der Waals surface area contributed by atoms with Gasteiger partial charge in [-0.3, -0.25) is 0 Å². The first-order valence-electron chi connectivity index (χ1n) is 6.59. The average Bonchev–Trinajstić information content (AvgIpc) is 2.42. The van der Waals surface area contributed by atoms with Crippen LogP contribution in [0.4, 0.5) is 0 Å². The molecule has 1 aliphatic rings. The standard InChI is InChI=1S/C15H22O2S/c1-10-7-8-12(15(17-3)11(10)2)14(16)13-6-4-5-9-18-13/h7-8,13-14,16H,4-6,9H2,1-3H3. The minimum Gasteiger partial charge on any atom is -0.496 e. The fourth-order valence-corrected chi connectivity index (χ4v) is 3.87. The molecule has 2 nitrogen and oxygen atoms in total. The zero-order valence-corrected chi connectivity index (χ0v) is 12.2. The molecule has 0 bridgehead atoms. The third kappa shape index (κ3) is 2.67. The van der Waals surface area contributed by atoms with Crippen LogP contribution < -0.4 is 4.74 Å². The fraction of sp³-hybridized carbons (Fsp3) is 0.600. The molecule has 1 N–H and O–H groups in total. The smallest absolute Gasteiger partial charge is 0.127 e. The van der Waals surface area contributed by atoms with Gasteiger partial charge in [-0.15, -0.1) is 0 Å². The number of aliphatic hydroxyl groups is 1. The van der Waals surface area contributed by atoms with Crippen LogP contribution in [-0.2, 0) is 0 Å². The van der Waals surface area contributed by atoms with Crippen molar-refractivity contribution in [2.24, 2.45) is 0 Å². The Hall–Kier alpha value is -0.670. The van der Waals surface area contributed by atoms with E-state index in [1.54, 1.807) is 7.11 Å². The minimum absolute atomic E-state index is 0.315. The van der Waals surface area contributed by atoms with Crippen molar-refractivity contribution in [2.75, 3.05) is 12.9 Å². The molecule has 1 saturated heterocycles. The van der Waals surface area contributed by atoms with Crippen molar-refractivity contribution in [3.05, 3.63) is 28.8 Å². The van der Waals surface area contributed by atoms with Crippen LogP contribution in [0.25, 0.3) is 0 Å². The van der Waals surface area contributed by atoms with Crippen molar-refractivity contribution in [1.82, 2.24) is 0 Å². The van der Waals surface area contributed by atoms with Gasteiger partial charge in [0.2, 0.25) is 0 Å². The van der Waals surface area contributed by atoms with E-state index in [1.807, 2.05) is 17.8 Å². The Balaban J connectivity index is 2.28. The molecule has 1 aliphatic heterocycles. The second-order valence-corrected chi connectivity index (χ2v) is 6.33. The Labute approximate surface area is 114 Å². The van der Waals surface area contributed by atoms with Crippen LogP contribution in [0.1, 0.15) is 42.1 Å². The van der Waals surface area contributed by atoms with Gasteiger partial charge in [0.05, 0.1) is 13.2 Å². The molecule has 1 aromatic rings. The normalized spacial score (nSPS) is 21.7. The molecule has 0 spiro atoms. The van der Waals surface area contributed by atoms with E-state index in [-0.39, 0.29) is 0 Å². The summed E-state index contributed by atoms with van der Waals surface area (Å²) in [4.78, 5) is 0. The average molecular weight is 266 g/mol. The van der Waals surface area contributed by atoms with Crippen LogP contribution in [0.2, 0.25) is 0 Å². The molecule has 0 saturated carbocycles. The zero-order chi connectivity index (χ0) is 13.1. The van der Waals surface area contributed by atoms with E-state index in [4.69, 9.17) is 4.74 Å². The van der Waals surface area contributed by atoms with Crippen LogP contribution in [0.15, 0.2) is 12.1 Å². The Morgan fingerprint density at radius 3 is 2.72 bits per heavy atom. The van der Waals surface area contributed by atoms with E-state index in [2.05, 4.69) is 19.9 Å². The molecule has 0 aromatic heterocycles. The van der Waals surface area contributed by atoms with E-state index >= 15 is 0 Å². The number of ether oxygens (including phenoxy) is 1. The summed E-state index contributed by atoms with van der Waals surface area (Å²) in [7, 11) is 1.69. The lowest BCUT2D eigenvalue weighted by atomic mass is 9.97. The highest BCUT2D eigenvalue weighted by Gasteiger charge is 2.26. The maximum absolute atomic E-state index is 10.6. The van der Waals surface area contributed by atoms with Gasteiger partial charge in [0, 0.05) is 10.8 Å². The molecule has 100 valence electrons. The van der Waals surface area contributed by atoms with Crippen LogP contribution in [-0.4, -0.2) is 23.2 Å². The van der Waals surface area contributed by atoms with E-state index < -0.39 is 6.10 Å². The number of rotatable bonds is 3. The highest BCUT2D eigenvalue weighted by molar-refractivity contribution is 7.99. The summed E-state index contributed by atoms with van der Waals surface area (Å²) in [5.74, 6) is 2.02. The maximum Gasteiger partial charge on any atom is 0.127 e. The Bertz CT molecular complexity index is 411. The van der Waals surface area contributed by atoms with Gasteiger partial charge >= 0.3 is 0 Å². The van der Waals surface area contributed by atoms with E-state index in [0.29, 0.717) is 5.25 Å². The van der Waals surface area contributed by atoms with Crippen LogP contribution in [0.3, 0.4) is 0 Å². The Morgan fingerprint density at radius 1 is 1.33 bits per heavy atom. The summed E-state index contributed by atoms with van der Waals surface area (Å²) in [6.45, 7) is 4.13. The van der Waals surface area contributed by atoms with Gasteiger partial charge in [0.15, 0.2) is 0 Å². The van der Waals surface area contributed by atoms with Crippen LogP contribution >= 0.6 is 11.8 Å². The number of aryl methyl sites for hydroxylation is 1. The van der Waals surface area contributed by atoms with Gasteiger partial charge in [-0.05, 0) is 43.6 Å². The van der Waals surface area contributed by atoms with Crippen LogP contribution in [0.5, 0.6) is 5.75 Å². The molecule has 1 aromatic carbocycles. The van der Waals surface area contributed by atoms with Crippen molar-refractivity contribution < 1.29 is 9.84 Å². The summed E-state index contributed by atoms with van der Waals surface area (Å²) >= 11 is 1.89. The molecule has 18 heavy (non-hydrogen) atoms. The molecule has 3 heteroatoms. The Kier molecular flexibility index (Phi) is 4.57. The van der Waals surface area contributed by atoms with Crippen molar-refractivity contribution in [1.29, 1.82) is 0 Å². The first kappa shape index (κ1) is 13.8. The lowest BCUT2D eigenvalue weighted by Crippen LogP contribution is -2.19. The van der Waals surface area contributed by atoms with Crippen molar-refractivity contribution >= 4 is 11.8 Å². The second-order valence-electron chi connectivity index (χ2n) is 4.98. The Morgan fingerprint density at radius 2 is 2.11 bits per heavy atom. The van der Waals surface area contributed by atoms with Gasteiger partial charge in [-0.25, -0.2) is 0 Å². The SMILES string of the molecule is COc1c(C(O)C2CCCCS2)ccc(C)c1C. The predicted molar refractivity (Wildman–Crippen MR) is 77.5 cm³/mol. The largest absolute Gasteiger partial charge is 0.496 e. The maximum atomic E-state index is 10.6. The first-order chi connectivity index (χ1) is 8.65. The van der Waals surface area contributed by atoms with E-state index in [1.165, 1.54) is 18.4 Å². The van der Waals surface area contributed by atoms with Crippen molar-refractivity contribution in [3.63, 3.8) is 0 Å². The quantitative estimate of drug-likeness (QED) is 0.906. The topological polar surface area (TPSA) is 29.5 Å². The molecular weight excluding hydrogens is 244 g/mol. The predicted octanol–water partition coefficient (Wildman–Crippen LogP) is 3.63.